The maximum absolute atomic E-state index is 11.8. The van der Waals surface area contributed by atoms with Crippen molar-refractivity contribution in [2.24, 2.45) is 5.92 Å². The summed E-state index contributed by atoms with van der Waals surface area (Å²) in [4.78, 5) is 13.8. The van der Waals surface area contributed by atoms with Crippen LogP contribution in [0.1, 0.15) is 52.4 Å². The molecule has 0 radical (unpaired) electrons. The molecule has 1 heterocycles. The van der Waals surface area contributed by atoms with E-state index in [2.05, 4.69) is 25.7 Å². The summed E-state index contributed by atoms with van der Waals surface area (Å²) in [6.45, 7) is 6.02. The molecule has 1 aliphatic rings. The monoisotopic (exact) mass is 221 g/mol. The Bertz CT molecular complexity index is 266. The fraction of sp³-hybridized carbons (Fsp3) is 0.786. The Labute approximate surface area is 99.4 Å². The van der Waals surface area contributed by atoms with Crippen LogP contribution in [0.25, 0.3) is 0 Å². The van der Waals surface area contributed by atoms with Gasteiger partial charge in [-0.25, -0.2) is 0 Å². The van der Waals surface area contributed by atoms with E-state index in [9.17, 15) is 4.79 Å². The third-order valence-electron chi connectivity index (χ3n) is 3.07. The highest BCUT2D eigenvalue weighted by atomic mass is 16.2. The molecule has 2 nitrogen and oxygen atoms in total. The van der Waals surface area contributed by atoms with Crippen LogP contribution in [0.4, 0.5) is 0 Å². The first-order valence-electron chi connectivity index (χ1n) is 6.54. The van der Waals surface area contributed by atoms with Crippen molar-refractivity contribution in [1.82, 2.24) is 4.90 Å². The van der Waals surface area contributed by atoms with Crippen LogP contribution in [0.5, 0.6) is 0 Å². The van der Waals surface area contributed by atoms with E-state index in [1.807, 2.05) is 4.90 Å². The molecule has 2 heteroatoms. The molecular weight excluding hydrogens is 198 g/mol. The number of likely N-dealkylation sites (tertiary alicyclic amines) is 1. The fourth-order valence-corrected chi connectivity index (χ4v) is 2.01. The first kappa shape index (κ1) is 13.1. The zero-order valence-corrected chi connectivity index (χ0v) is 10.6. The van der Waals surface area contributed by atoms with Crippen molar-refractivity contribution in [3.63, 3.8) is 0 Å². The molecule has 0 bridgehead atoms. The second kappa shape index (κ2) is 7.33. The minimum absolute atomic E-state index is 0.337. The number of hydrogen-bond donors (Lipinski definition) is 0. The van der Waals surface area contributed by atoms with Crippen LogP contribution in [0.3, 0.4) is 0 Å². The highest BCUT2D eigenvalue weighted by Gasteiger charge is 2.20. The average Bonchev–Trinajstić information content (AvgIpc) is 2.34. The molecule has 1 amide bonds. The van der Waals surface area contributed by atoms with E-state index in [0.717, 1.165) is 51.6 Å². The molecule has 1 saturated heterocycles. The third-order valence-corrected chi connectivity index (χ3v) is 3.07. The Morgan fingerprint density at radius 1 is 1.31 bits per heavy atom. The van der Waals surface area contributed by atoms with Gasteiger partial charge in [0.05, 0.1) is 0 Å². The maximum atomic E-state index is 11.8. The molecule has 0 aromatic heterocycles. The maximum Gasteiger partial charge on any atom is 0.222 e. The second-order valence-electron chi connectivity index (χ2n) is 4.43. The summed E-state index contributed by atoms with van der Waals surface area (Å²) in [5.74, 6) is 7.29. The van der Waals surface area contributed by atoms with E-state index >= 15 is 0 Å². The smallest absolute Gasteiger partial charge is 0.222 e. The van der Waals surface area contributed by atoms with Crippen LogP contribution in [0.2, 0.25) is 0 Å². The summed E-state index contributed by atoms with van der Waals surface area (Å²) in [7, 11) is 0. The number of unbranched alkanes of at least 4 members (excludes halogenated alkanes) is 1. The van der Waals surface area contributed by atoms with Gasteiger partial charge in [0.2, 0.25) is 5.91 Å². The Hall–Kier alpha value is -0.970. The number of nitrogens with zero attached hydrogens (tertiary/aromatic N) is 1. The summed E-state index contributed by atoms with van der Waals surface area (Å²) in [5.41, 5.74) is 0. The molecule has 90 valence electrons. The van der Waals surface area contributed by atoms with Gasteiger partial charge in [0, 0.05) is 31.8 Å². The van der Waals surface area contributed by atoms with Crippen molar-refractivity contribution in [3.8, 4) is 11.8 Å². The molecule has 0 aromatic carbocycles. The zero-order chi connectivity index (χ0) is 11.8. The van der Waals surface area contributed by atoms with Crippen LogP contribution in [0.15, 0.2) is 0 Å². The van der Waals surface area contributed by atoms with E-state index in [1.54, 1.807) is 0 Å². The predicted octanol–water partition coefficient (Wildman–Crippen LogP) is 2.83. The van der Waals surface area contributed by atoms with Crippen molar-refractivity contribution >= 4 is 5.91 Å². The van der Waals surface area contributed by atoms with Gasteiger partial charge in [-0.2, -0.15) is 0 Å². The fourth-order valence-electron chi connectivity index (χ4n) is 2.01. The van der Waals surface area contributed by atoms with Crippen LogP contribution < -0.4 is 0 Å². The Morgan fingerprint density at radius 3 is 2.56 bits per heavy atom. The Kier molecular flexibility index (Phi) is 6.00. The molecule has 0 N–H and O–H groups in total. The molecule has 0 aromatic rings. The van der Waals surface area contributed by atoms with Crippen molar-refractivity contribution in [3.05, 3.63) is 0 Å². The van der Waals surface area contributed by atoms with Crippen molar-refractivity contribution in [2.75, 3.05) is 13.1 Å². The highest BCUT2D eigenvalue weighted by Crippen LogP contribution is 2.17. The molecule has 0 aliphatic carbocycles. The minimum Gasteiger partial charge on any atom is -0.343 e. The summed E-state index contributed by atoms with van der Waals surface area (Å²) < 4.78 is 0. The molecule has 0 saturated carbocycles. The number of amides is 1. The number of hydrogen-bond acceptors (Lipinski definition) is 1. The molecule has 0 atom stereocenters. The predicted molar refractivity (Wildman–Crippen MR) is 66.9 cm³/mol. The molecule has 1 fully saturated rings. The lowest BCUT2D eigenvalue weighted by Crippen LogP contribution is -2.38. The van der Waals surface area contributed by atoms with Gasteiger partial charge < -0.3 is 4.90 Å². The van der Waals surface area contributed by atoms with Crippen molar-refractivity contribution in [1.29, 1.82) is 0 Å². The number of carbonyl (C=O) groups excluding carboxylic acids is 1. The molecule has 0 spiro atoms. The number of carbonyl (C=O) groups is 1. The van der Waals surface area contributed by atoms with E-state index in [0.29, 0.717) is 11.8 Å². The molecular formula is C14H23NO. The van der Waals surface area contributed by atoms with Gasteiger partial charge >= 0.3 is 0 Å². The molecule has 1 rings (SSSR count). The van der Waals surface area contributed by atoms with E-state index in [-0.39, 0.29) is 0 Å². The highest BCUT2D eigenvalue weighted by molar-refractivity contribution is 5.76. The summed E-state index contributed by atoms with van der Waals surface area (Å²) in [6, 6.07) is 0. The first-order valence-corrected chi connectivity index (χ1v) is 6.54. The zero-order valence-electron chi connectivity index (χ0n) is 10.6. The lowest BCUT2D eigenvalue weighted by atomic mass is 9.97. The summed E-state index contributed by atoms with van der Waals surface area (Å²) in [5, 5.41) is 0. The summed E-state index contributed by atoms with van der Waals surface area (Å²) in [6.07, 6.45) is 5.91. The molecule has 16 heavy (non-hydrogen) atoms. The van der Waals surface area contributed by atoms with Crippen LogP contribution in [0, 0.1) is 17.8 Å². The van der Waals surface area contributed by atoms with Crippen LogP contribution >= 0.6 is 0 Å². The normalized spacial score (nSPS) is 16.8. The first-order chi connectivity index (χ1) is 7.77. The van der Waals surface area contributed by atoms with Gasteiger partial charge in [-0.3, -0.25) is 4.79 Å². The number of piperidine rings is 1. The van der Waals surface area contributed by atoms with Crippen molar-refractivity contribution in [2.45, 2.75) is 52.4 Å². The largest absolute Gasteiger partial charge is 0.343 e. The Balaban J connectivity index is 2.28. The Morgan fingerprint density at radius 2 is 2.00 bits per heavy atom. The van der Waals surface area contributed by atoms with Crippen LogP contribution in [-0.4, -0.2) is 23.9 Å². The van der Waals surface area contributed by atoms with E-state index in [1.165, 1.54) is 0 Å². The third kappa shape index (κ3) is 4.26. The van der Waals surface area contributed by atoms with Crippen molar-refractivity contribution < 1.29 is 4.79 Å². The van der Waals surface area contributed by atoms with Gasteiger partial charge in [-0.05, 0) is 19.3 Å². The lowest BCUT2D eigenvalue weighted by Gasteiger charge is -2.30. The van der Waals surface area contributed by atoms with Gasteiger partial charge in [0.1, 0.15) is 0 Å². The second-order valence-corrected chi connectivity index (χ2v) is 4.43. The quantitative estimate of drug-likeness (QED) is 0.671. The van der Waals surface area contributed by atoms with Gasteiger partial charge in [0.15, 0.2) is 0 Å². The lowest BCUT2D eigenvalue weighted by molar-refractivity contribution is -0.132. The standard InChI is InChI=1S/C14H23NO/c1-3-5-7-13-9-11-15(12-10-13)14(16)8-6-4-2/h13H,3-4,6,8-12H2,1-2H3. The minimum atomic E-state index is 0.337. The number of rotatable bonds is 3. The van der Waals surface area contributed by atoms with E-state index in [4.69, 9.17) is 0 Å². The SMILES string of the molecule is CCC#CC1CCN(C(=O)CCCC)CC1. The van der Waals surface area contributed by atoms with Gasteiger partial charge in [0.25, 0.3) is 0 Å². The van der Waals surface area contributed by atoms with E-state index < -0.39 is 0 Å². The molecule has 1 aliphatic heterocycles. The summed E-state index contributed by atoms with van der Waals surface area (Å²) >= 11 is 0. The van der Waals surface area contributed by atoms with Gasteiger partial charge in [-0.1, -0.05) is 26.2 Å². The topological polar surface area (TPSA) is 20.3 Å². The molecule has 0 unspecified atom stereocenters. The van der Waals surface area contributed by atoms with Gasteiger partial charge in [-0.15, -0.1) is 5.92 Å². The van der Waals surface area contributed by atoms with Crippen LogP contribution in [-0.2, 0) is 4.79 Å². The average molecular weight is 221 g/mol.